The van der Waals surface area contributed by atoms with Crippen LogP contribution in [0.1, 0.15) is 59.8 Å². The van der Waals surface area contributed by atoms with Gasteiger partial charge in [0.15, 0.2) is 0 Å². The minimum atomic E-state index is -0.753. The van der Waals surface area contributed by atoms with E-state index in [1.165, 1.54) is 0 Å². The third kappa shape index (κ3) is 5.01. The van der Waals surface area contributed by atoms with Gasteiger partial charge in [0.2, 0.25) is 0 Å². The van der Waals surface area contributed by atoms with Crippen molar-refractivity contribution in [3.8, 4) is 0 Å². The van der Waals surface area contributed by atoms with Crippen molar-refractivity contribution >= 4 is 5.97 Å². The second-order valence-electron chi connectivity index (χ2n) is 4.44. The average Bonchev–Trinajstić information content (AvgIpc) is 2.23. The number of allylic oxidation sites excluding steroid dienone is 1. The standard InChI is InChI=1S/C13H24O2/c1-5-8-9-11(12(14)15)10-13(4,6-2)7-3/h10H,5-9H2,1-4H3,(H,14,15). The molecule has 15 heavy (non-hydrogen) atoms. The van der Waals surface area contributed by atoms with Crippen LogP contribution in [-0.4, -0.2) is 11.1 Å². The summed E-state index contributed by atoms with van der Waals surface area (Å²) in [5, 5.41) is 9.09. The lowest BCUT2D eigenvalue weighted by Crippen LogP contribution is -2.13. The number of unbranched alkanes of at least 4 members (excludes halogenated alkanes) is 1. The molecule has 2 nitrogen and oxygen atoms in total. The van der Waals surface area contributed by atoms with Crippen LogP contribution in [0.5, 0.6) is 0 Å². The van der Waals surface area contributed by atoms with Crippen molar-refractivity contribution in [2.75, 3.05) is 0 Å². The zero-order valence-electron chi connectivity index (χ0n) is 10.5. The molecule has 0 rings (SSSR count). The fourth-order valence-electron chi connectivity index (χ4n) is 1.48. The monoisotopic (exact) mass is 212 g/mol. The minimum absolute atomic E-state index is 0.0431. The molecule has 0 aliphatic carbocycles. The molecule has 0 unspecified atom stereocenters. The molecule has 0 radical (unpaired) electrons. The van der Waals surface area contributed by atoms with E-state index in [1.807, 2.05) is 6.08 Å². The molecule has 0 aliphatic rings. The van der Waals surface area contributed by atoms with Crippen LogP contribution in [0.15, 0.2) is 11.6 Å². The fraction of sp³-hybridized carbons (Fsp3) is 0.769. The van der Waals surface area contributed by atoms with Crippen molar-refractivity contribution in [3.63, 3.8) is 0 Å². The number of hydrogen-bond donors (Lipinski definition) is 1. The molecule has 0 amide bonds. The van der Waals surface area contributed by atoms with Crippen LogP contribution >= 0.6 is 0 Å². The Morgan fingerprint density at radius 2 is 1.80 bits per heavy atom. The molecular weight excluding hydrogens is 188 g/mol. The van der Waals surface area contributed by atoms with Crippen LogP contribution in [0.2, 0.25) is 0 Å². The van der Waals surface area contributed by atoms with Crippen LogP contribution in [0.3, 0.4) is 0 Å². The van der Waals surface area contributed by atoms with Gasteiger partial charge in [-0.25, -0.2) is 4.79 Å². The first kappa shape index (κ1) is 14.2. The Morgan fingerprint density at radius 1 is 1.27 bits per heavy atom. The summed E-state index contributed by atoms with van der Waals surface area (Å²) in [6.07, 6.45) is 6.65. The molecule has 0 atom stereocenters. The quantitative estimate of drug-likeness (QED) is 0.647. The van der Waals surface area contributed by atoms with Crippen molar-refractivity contribution in [1.82, 2.24) is 0 Å². The summed E-state index contributed by atoms with van der Waals surface area (Å²) in [6, 6.07) is 0. The van der Waals surface area contributed by atoms with Gasteiger partial charge in [-0.3, -0.25) is 0 Å². The highest BCUT2D eigenvalue weighted by Crippen LogP contribution is 2.29. The largest absolute Gasteiger partial charge is 0.478 e. The number of hydrogen-bond acceptors (Lipinski definition) is 1. The second kappa shape index (κ2) is 6.65. The maximum absolute atomic E-state index is 11.0. The van der Waals surface area contributed by atoms with E-state index in [0.717, 1.165) is 25.7 Å². The van der Waals surface area contributed by atoms with Gasteiger partial charge >= 0.3 is 5.97 Å². The van der Waals surface area contributed by atoms with E-state index >= 15 is 0 Å². The van der Waals surface area contributed by atoms with E-state index in [-0.39, 0.29) is 5.41 Å². The molecule has 0 aliphatic heterocycles. The highest BCUT2D eigenvalue weighted by Gasteiger charge is 2.19. The van der Waals surface area contributed by atoms with Crippen molar-refractivity contribution in [2.45, 2.75) is 59.8 Å². The smallest absolute Gasteiger partial charge is 0.331 e. The Hall–Kier alpha value is -0.790. The van der Waals surface area contributed by atoms with E-state index in [0.29, 0.717) is 12.0 Å². The van der Waals surface area contributed by atoms with Gasteiger partial charge < -0.3 is 5.11 Å². The normalized spacial score (nSPS) is 12.9. The van der Waals surface area contributed by atoms with Crippen LogP contribution in [0.25, 0.3) is 0 Å². The van der Waals surface area contributed by atoms with Gasteiger partial charge in [-0.1, -0.05) is 40.2 Å². The summed E-state index contributed by atoms with van der Waals surface area (Å²) < 4.78 is 0. The van der Waals surface area contributed by atoms with Gasteiger partial charge in [-0.15, -0.1) is 0 Å². The van der Waals surface area contributed by atoms with E-state index in [1.54, 1.807) is 0 Å². The number of carboxylic acid groups (broad SMARTS) is 1. The van der Waals surface area contributed by atoms with Crippen LogP contribution in [-0.2, 0) is 4.79 Å². The summed E-state index contributed by atoms with van der Waals surface area (Å²) in [5.41, 5.74) is 0.629. The fourth-order valence-corrected chi connectivity index (χ4v) is 1.48. The molecule has 0 aromatic rings. The predicted molar refractivity (Wildman–Crippen MR) is 63.9 cm³/mol. The summed E-state index contributed by atoms with van der Waals surface area (Å²) >= 11 is 0. The SMILES string of the molecule is CCCCC(=CC(C)(CC)CC)C(=O)O. The Balaban J connectivity index is 4.72. The molecule has 0 saturated heterocycles. The first-order valence-corrected chi connectivity index (χ1v) is 5.94. The second-order valence-corrected chi connectivity index (χ2v) is 4.44. The summed E-state index contributed by atoms with van der Waals surface area (Å²) in [7, 11) is 0. The van der Waals surface area contributed by atoms with Crippen molar-refractivity contribution in [2.24, 2.45) is 5.41 Å². The zero-order chi connectivity index (χ0) is 11.9. The van der Waals surface area contributed by atoms with E-state index < -0.39 is 5.97 Å². The van der Waals surface area contributed by atoms with E-state index in [4.69, 9.17) is 5.11 Å². The summed E-state index contributed by atoms with van der Waals surface area (Å²) in [4.78, 5) is 11.0. The highest BCUT2D eigenvalue weighted by atomic mass is 16.4. The molecule has 0 spiro atoms. The molecule has 88 valence electrons. The summed E-state index contributed by atoms with van der Waals surface area (Å²) in [6.45, 7) is 8.43. The zero-order valence-corrected chi connectivity index (χ0v) is 10.5. The Kier molecular flexibility index (Phi) is 6.30. The third-order valence-corrected chi connectivity index (χ3v) is 3.21. The molecule has 2 heteroatoms. The molecule has 0 fully saturated rings. The lowest BCUT2D eigenvalue weighted by atomic mass is 9.82. The molecule has 0 aromatic carbocycles. The molecule has 0 saturated carbocycles. The van der Waals surface area contributed by atoms with E-state index in [9.17, 15) is 4.79 Å². The molecular formula is C13H24O2. The number of carbonyl (C=O) groups is 1. The Morgan fingerprint density at radius 3 is 2.13 bits per heavy atom. The topological polar surface area (TPSA) is 37.3 Å². The average molecular weight is 212 g/mol. The van der Waals surface area contributed by atoms with E-state index in [2.05, 4.69) is 27.7 Å². The Labute approximate surface area is 93.4 Å². The van der Waals surface area contributed by atoms with Crippen molar-refractivity contribution in [3.05, 3.63) is 11.6 Å². The summed E-state index contributed by atoms with van der Waals surface area (Å²) in [5.74, 6) is -0.753. The van der Waals surface area contributed by atoms with Gasteiger partial charge in [0.05, 0.1) is 0 Å². The third-order valence-electron chi connectivity index (χ3n) is 3.21. The minimum Gasteiger partial charge on any atom is -0.478 e. The Bertz CT molecular complexity index is 225. The van der Waals surface area contributed by atoms with Gasteiger partial charge in [-0.05, 0) is 31.1 Å². The van der Waals surface area contributed by atoms with Crippen LogP contribution < -0.4 is 0 Å². The maximum atomic E-state index is 11.0. The van der Waals surface area contributed by atoms with Crippen LogP contribution in [0.4, 0.5) is 0 Å². The van der Waals surface area contributed by atoms with Gasteiger partial charge in [0.1, 0.15) is 0 Å². The lowest BCUT2D eigenvalue weighted by molar-refractivity contribution is -0.132. The molecule has 0 heterocycles. The highest BCUT2D eigenvalue weighted by molar-refractivity contribution is 5.86. The maximum Gasteiger partial charge on any atom is 0.331 e. The van der Waals surface area contributed by atoms with Crippen molar-refractivity contribution < 1.29 is 9.90 Å². The van der Waals surface area contributed by atoms with Gasteiger partial charge in [-0.2, -0.15) is 0 Å². The molecule has 1 N–H and O–H groups in total. The first-order valence-electron chi connectivity index (χ1n) is 5.94. The predicted octanol–water partition coefficient (Wildman–Crippen LogP) is 4.01. The first-order chi connectivity index (χ1) is 6.99. The van der Waals surface area contributed by atoms with Gasteiger partial charge in [0.25, 0.3) is 0 Å². The number of aliphatic carboxylic acids is 1. The van der Waals surface area contributed by atoms with Crippen LogP contribution in [0, 0.1) is 5.41 Å². The van der Waals surface area contributed by atoms with Gasteiger partial charge in [0, 0.05) is 5.57 Å². The number of carboxylic acids is 1. The molecule has 0 bridgehead atoms. The molecule has 0 aromatic heterocycles. The number of rotatable bonds is 7. The van der Waals surface area contributed by atoms with Crippen molar-refractivity contribution in [1.29, 1.82) is 0 Å². The lowest BCUT2D eigenvalue weighted by Gasteiger charge is -2.23.